The summed E-state index contributed by atoms with van der Waals surface area (Å²) in [6.07, 6.45) is 5.29. The van der Waals surface area contributed by atoms with Gasteiger partial charge in [0, 0.05) is 43.3 Å². The Morgan fingerprint density at radius 2 is 2.24 bits per heavy atom. The third-order valence-electron chi connectivity index (χ3n) is 3.15. The lowest BCUT2D eigenvalue weighted by Crippen LogP contribution is -2.34. The largest absolute Gasteiger partial charge is 0.327 e. The smallest absolute Gasteiger partial charge is 0.321 e. The maximum Gasteiger partial charge on any atom is 0.321 e. The summed E-state index contributed by atoms with van der Waals surface area (Å²) in [5.74, 6) is 0.221. The molecule has 1 atom stereocenters. The van der Waals surface area contributed by atoms with Crippen LogP contribution in [0.25, 0.3) is 0 Å². The number of nitrogens with one attached hydrogen (secondary N) is 1. The minimum Gasteiger partial charge on any atom is -0.327 e. The average Bonchev–Trinajstić information content (AvgIpc) is 3.09. The Morgan fingerprint density at radius 3 is 2.81 bits per heavy atom. The Balaban J connectivity index is 1.90. The Bertz CT molecular complexity index is 578. The fourth-order valence-electron chi connectivity index (χ4n) is 1.95. The van der Waals surface area contributed by atoms with Gasteiger partial charge in [-0.3, -0.25) is 4.68 Å². The molecule has 0 aromatic carbocycles. The van der Waals surface area contributed by atoms with E-state index in [1.165, 1.54) is 0 Å². The third-order valence-corrected chi connectivity index (χ3v) is 4.16. The highest BCUT2D eigenvalue weighted by atomic mass is 32.1. The molecule has 21 heavy (non-hydrogen) atoms. The number of aromatic nitrogens is 3. The number of hydrogen-bond donors (Lipinski definition) is 1. The molecule has 0 bridgehead atoms. The summed E-state index contributed by atoms with van der Waals surface area (Å²) in [5.41, 5.74) is 0.711. The molecule has 2 amide bonds. The second-order valence-corrected chi connectivity index (χ2v) is 6.31. The van der Waals surface area contributed by atoms with Gasteiger partial charge in [-0.2, -0.15) is 5.10 Å². The van der Waals surface area contributed by atoms with Crippen LogP contribution in [0.2, 0.25) is 0 Å². The number of rotatable bonds is 5. The van der Waals surface area contributed by atoms with E-state index in [1.807, 2.05) is 30.1 Å². The molecule has 0 aliphatic carbocycles. The van der Waals surface area contributed by atoms with Gasteiger partial charge in [-0.1, -0.05) is 6.92 Å². The fourth-order valence-corrected chi connectivity index (χ4v) is 2.64. The lowest BCUT2D eigenvalue weighted by Gasteiger charge is -2.20. The van der Waals surface area contributed by atoms with Crippen LogP contribution in [-0.2, 0) is 0 Å². The van der Waals surface area contributed by atoms with E-state index < -0.39 is 0 Å². The number of carbonyl (C=O) groups excluding carboxylic acids is 1. The van der Waals surface area contributed by atoms with Crippen LogP contribution < -0.4 is 5.32 Å². The third kappa shape index (κ3) is 4.04. The highest BCUT2D eigenvalue weighted by molar-refractivity contribution is 7.09. The van der Waals surface area contributed by atoms with Gasteiger partial charge >= 0.3 is 6.03 Å². The van der Waals surface area contributed by atoms with Crippen molar-refractivity contribution in [2.75, 3.05) is 18.9 Å². The number of carbonyl (C=O) groups is 1. The fraction of sp³-hybridized carbons (Fsp3) is 0.500. The standard InChI is InChI=1S/C14H21N5OS/c1-10(2)19-9-12(7-16-19)17-14(20)18(4)8-11(3)13-15-5-6-21-13/h5-7,9-11H,8H2,1-4H3,(H,17,20). The summed E-state index contributed by atoms with van der Waals surface area (Å²) in [6, 6.07) is 0.139. The number of hydrogen-bond acceptors (Lipinski definition) is 4. The first-order valence-electron chi connectivity index (χ1n) is 6.93. The van der Waals surface area contributed by atoms with Gasteiger partial charge in [0.05, 0.1) is 16.9 Å². The van der Waals surface area contributed by atoms with E-state index in [9.17, 15) is 4.79 Å². The minimum atomic E-state index is -0.137. The maximum absolute atomic E-state index is 12.2. The van der Waals surface area contributed by atoms with Gasteiger partial charge in [0.1, 0.15) is 0 Å². The zero-order valence-electron chi connectivity index (χ0n) is 12.8. The molecule has 0 saturated heterocycles. The number of urea groups is 1. The summed E-state index contributed by atoms with van der Waals surface area (Å²) < 4.78 is 1.81. The van der Waals surface area contributed by atoms with Crippen LogP contribution in [0.4, 0.5) is 10.5 Å². The zero-order valence-corrected chi connectivity index (χ0v) is 13.6. The number of amides is 2. The number of nitrogens with zero attached hydrogens (tertiary/aromatic N) is 4. The lowest BCUT2D eigenvalue weighted by molar-refractivity contribution is 0.220. The molecule has 0 radical (unpaired) electrons. The Hall–Kier alpha value is -1.89. The molecule has 6 nitrogen and oxygen atoms in total. The molecule has 1 N–H and O–H groups in total. The summed E-state index contributed by atoms with van der Waals surface area (Å²) in [4.78, 5) is 18.1. The highest BCUT2D eigenvalue weighted by Crippen LogP contribution is 2.18. The van der Waals surface area contributed by atoms with Crippen LogP contribution in [0, 0.1) is 0 Å². The zero-order chi connectivity index (χ0) is 15.4. The van der Waals surface area contributed by atoms with Crippen molar-refractivity contribution in [3.05, 3.63) is 29.0 Å². The van der Waals surface area contributed by atoms with Crippen molar-refractivity contribution in [1.29, 1.82) is 0 Å². The van der Waals surface area contributed by atoms with E-state index >= 15 is 0 Å². The van der Waals surface area contributed by atoms with Gasteiger partial charge in [0.15, 0.2) is 0 Å². The molecule has 0 saturated carbocycles. The molecule has 7 heteroatoms. The number of thiazole rings is 1. The van der Waals surface area contributed by atoms with Gasteiger partial charge in [-0.25, -0.2) is 9.78 Å². The Labute approximate surface area is 128 Å². The summed E-state index contributed by atoms with van der Waals surface area (Å²) in [5, 5.41) is 10.1. The van der Waals surface area contributed by atoms with Gasteiger partial charge in [-0.05, 0) is 13.8 Å². The normalized spacial score (nSPS) is 12.4. The molecule has 2 heterocycles. The van der Waals surface area contributed by atoms with Crippen LogP contribution >= 0.6 is 11.3 Å². The average molecular weight is 307 g/mol. The molecule has 114 valence electrons. The SMILES string of the molecule is CC(CN(C)C(=O)Nc1cnn(C(C)C)c1)c1nccs1. The van der Waals surface area contributed by atoms with Crippen molar-refractivity contribution >= 4 is 23.1 Å². The molecule has 2 aromatic heterocycles. The first kappa shape index (κ1) is 15.5. The highest BCUT2D eigenvalue weighted by Gasteiger charge is 2.16. The van der Waals surface area contributed by atoms with Crippen molar-refractivity contribution in [3.63, 3.8) is 0 Å². The number of likely N-dealkylation sites (N-methyl/N-ethyl adjacent to an activating group) is 1. The van der Waals surface area contributed by atoms with Gasteiger partial charge in [0.25, 0.3) is 0 Å². The van der Waals surface area contributed by atoms with Gasteiger partial charge < -0.3 is 10.2 Å². The molecule has 0 aliphatic rings. The predicted molar refractivity (Wildman–Crippen MR) is 84.8 cm³/mol. The maximum atomic E-state index is 12.2. The van der Waals surface area contributed by atoms with Crippen LogP contribution in [0.5, 0.6) is 0 Å². The van der Waals surface area contributed by atoms with Gasteiger partial charge in [-0.15, -0.1) is 11.3 Å². The van der Waals surface area contributed by atoms with Crippen LogP contribution in [-0.4, -0.2) is 39.3 Å². The van der Waals surface area contributed by atoms with Crippen molar-refractivity contribution < 1.29 is 4.79 Å². The molecular formula is C14H21N5OS. The lowest BCUT2D eigenvalue weighted by atomic mass is 10.2. The molecule has 0 fully saturated rings. The van der Waals surface area contributed by atoms with Crippen molar-refractivity contribution in [2.45, 2.75) is 32.7 Å². The van der Waals surface area contributed by atoms with Crippen LogP contribution in [0.1, 0.15) is 37.7 Å². The van der Waals surface area contributed by atoms with E-state index in [1.54, 1.807) is 35.7 Å². The van der Waals surface area contributed by atoms with Crippen LogP contribution in [0.15, 0.2) is 24.0 Å². The Kier molecular flexibility index (Phi) is 4.95. The second-order valence-electron chi connectivity index (χ2n) is 5.38. The predicted octanol–water partition coefficient (Wildman–Crippen LogP) is 3.19. The summed E-state index contributed by atoms with van der Waals surface area (Å²) in [6.45, 7) is 6.78. The first-order chi connectivity index (χ1) is 9.97. The van der Waals surface area contributed by atoms with Crippen molar-refractivity contribution in [1.82, 2.24) is 19.7 Å². The topological polar surface area (TPSA) is 63.1 Å². The molecule has 0 spiro atoms. The van der Waals surface area contributed by atoms with Crippen molar-refractivity contribution in [2.24, 2.45) is 0 Å². The van der Waals surface area contributed by atoms with E-state index in [4.69, 9.17) is 0 Å². The van der Waals surface area contributed by atoms with Crippen LogP contribution in [0.3, 0.4) is 0 Å². The second kappa shape index (κ2) is 6.71. The van der Waals surface area contributed by atoms with E-state index in [0.29, 0.717) is 12.2 Å². The molecule has 2 rings (SSSR count). The number of anilines is 1. The Morgan fingerprint density at radius 1 is 1.48 bits per heavy atom. The van der Waals surface area contributed by atoms with Gasteiger partial charge in [0.2, 0.25) is 0 Å². The van der Waals surface area contributed by atoms with E-state index in [2.05, 4.69) is 22.3 Å². The quantitative estimate of drug-likeness (QED) is 0.922. The summed E-state index contributed by atoms with van der Waals surface area (Å²) in [7, 11) is 1.78. The van der Waals surface area contributed by atoms with Crippen molar-refractivity contribution in [3.8, 4) is 0 Å². The van der Waals surface area contributed by atoms with E-state index in [0.717, 1.165) is 5.01 Å². The molecule has 0 aliphatic heterocycles. The van der Waals surface area contributed by atoms with E-state index in [-0.39, 0.29) is 18.0 Å². The first-order valence-corrected chi connectivity index (χ1v) is 7.81. The monoisotopic (exact) mass is 307 g/mol. The molecule has 2 aromatic rings. The molecule has 1 unspecified atom stereocenters. The molecular weight excluding hydrogens is 286 g/mol. The summed E-state index contributed by atoms with van der Waals surface area (Å²) >= 11 is 1.61. The minimum absolute atomic E-state index is 0.137.